The minimum absolute atomic E-state index is 0.279. The molecule has 0 aromatic heterocycles. The van der Waals surface area contributed by atoms with Crippen molar-refractivity contribution in [3.63, 3.8) is 0 Å². The van der Waals surface area contributed by atoms with Crippen LogP contribution < -0.4 is 0 Å². The molecule has 2 aromatic rings. The third kappa shape index (κ3) is 4.93. The quantitative estimate of drug-likeness (QED) is 0.748. The number of rotatable bonds is 6. The minimum atomic E-state index is -0.279. The van der Waals surface area contributed by atoms with Crippen LogP contribution in [0.15, 0.2) is 54.6 Å². The van der Waals surface area contributed by atoms with Crippen molar-refractivity contribution >= 4 is 5.97 Å². The van der Waals surface area contributed by atoms with Gasteiger partial charge in [-0.15, -0.1) is 0 Å². The molecule has 1 atom stereocenters. The monoisotopic (exact) mass is 352 g/mol. The summed E-state index contributed by atoms with van der Waals surface area (Å²) >= 11 is 0. The fourth-order valence-corrected chi connectivity index (χ4v) is 3.57. The topological polar surface area (TPSA) is 32.8 Å². The van der Waals surface area contributed by atoms with Crippen LogP contribution in [0.2, 0.25) is 0 Å². The van der Waals surface area contributed by atoms with Gasteiger partial charge in [-0.05, 0) is 36.6 Å². The largest absolute Gasteiger partial charge is 0.465 e. The average molecular weight is 352 g/mol. The van der Waals surface area contributed by atoms with Gasteiger partial charge in [0.05, 0.1) is 12.7 Å². The smallest absolute Gasteiger partial charge is 0.337 e. The van der Waals surface area contributed by atoms with Gasteiger partial charge in [0.1, 0.15) is 0 Å². The van der Waals surface area contributed by atoms with Gasteiger partial charge in [0.15, 0.2) is 0 Å². The molecule has 1 heterocycles. The van der Waals surface area contributed by atoms with Gasteiger partial charge in [-0.1, -0.05) is 42.5 Å². The number of methoxy groups -OCH3 is 1. The molecule has 2 aromatic carbocycles. The Morgan fingerprint density at radius 3 is 2.23 bits per heavy atom. The zero-order valence-electron chi connectivity index (χ0n) is 15.7. The molecule has 4 heteroatoms. The highest BCUT2D eigenvalue weighted by Crippen LogP contribution is 2.15. The van der Waals surface area contributed by atoms with E-state index in [0.29, 0.717) is 11.6 Å². The van der Waals surface area contributed by atoms with E-state index >= 15 is 0 Å². The molecule has 1 saturated heterocycles. The Hall–Kier alpha value is -2.17. The van der Waals surface area contributed by atoms with E-state index in [1.54, 1.807) is 0 Å². The summed E-state index contributed by atoms with van der Waals surface area (Å²) in [5.41, 5.74) is 3.26. The lowest BCUT2D eigenvalue weighted by Crippen LogP contribution is -2.49. The summed E-state index contributed by atoms with van der Waals surface area (Å²) in [4.78, 5) is 16.6. The number of benzene rings is 2. The van der Waals surface area contributed by atoms with Crippen LogP contribution in [0.25, 0.3) is 0 Å². The van der Waals surface area contributed by atoms with Gasteiger partial charge < -0.3 is 4.74 Å². The van der Waals surface area contributed by atoms with Gasteiger partial charge in [-0.3, -0.25) is 9.80 Å². The Kier molecular flexibility index (Phi) is 6.42. The summed E-state index contributed by atoms with van der Waals surface area (Å²) in [6, 6.07) is 19.0. The zero-order valence-corrected chi connectivity index (χ0v) is 15.7. The summed E-state index contributed by atoms with van der Waals surface area (Å²) in [5, 5.41) is 0. The first-order chi connectivity index (χ1) is 12.7. The minimum Gasteiger partial charge on any atom is -0.465 e. The summed E-state index contributed by atoms with van der Waals surface area (Å²) in [5.74, 6) is -0.279. The summed E-state index contributed by atoms with van der Waals surface area (Å²) in [6.07, 6.45) is 1.00. The van der Waals surface area contributed by atoms with Gasteiger partial charge in [0.25, 0.3) is 0 Å². The summed E-state index contributed by atoms with van der Waals surface area (Å²) in [7, 11) is 1.41. The lowest BCUT2D eigenvalue weighted by molar-refractivity contribution is 0.0600. The molecule has 1 fully saturated rings. The number of esters is 1. The highest BCUT2D eigenvalue weighted by atomic mass is 16.5. The van der Waals surface area contributed by atoms with E-state index < -0.39 is 0 Å². The van der Waals surface area contributed by atoms with Crippen molar-refractivity contribution in [1.82, 2.24) is 9.80 Å². The molecule has 0 bridgehead atoms. The maximum atomic E-state index is 11.5. The Balaban J connectivity index is 1.47. The molecule has 0 spiro atoms. The number of carbonyl (C=O) groups is 1. The average Bonchev–Trinajstić information content (AvgIpc) is 2.69. The molecule has 0 amide bonds. The van der Waals surface area contributed by atoms with Gasteiger partial charge in [-0.25, -0.2) is 4.79 Å². The third-order valence-corrected chi connectivity index (χ3v) is 5.19. The van der Waals surface area contributed by atoms with Crippen LogP contribution in [0.3, 0.4) is 0 Å². The van der Waals surface area contributed by atoms with Crippen LogP contribution in [-0.2, 0) is 17.7 Å². The van der Waals surface area contributed by atoms with Crippen LogP contribution in [0.1, 0.15) is 28.4 Å². The van der Waals surface area contributed by atoms with E-state index in [-0.39, 0.29) is 5.97 Å². The first-order valence-corrected chi connectivity index (χ1v) is 9.33. The second kappa shape index (κ2) is 8.97. The molecule has 26 heavy (non-hydrogen) atoms. The number of hydrogen-bond donors (Lipinski definition) is 0. The highest BCUT2D eigenvalue weighted by molar-refractivity contribution is 5.89. The molecule has 0 saturated carbocycles. The molecule has 138 valence electrons. The van der Waals surface area contributed by atoms with Crippen LogP contribution >= 0.6 is 0 Å². The lowest BCUT2D eigenvalue weighted by Gasteiger charge is -2.38. The Morgan fingerprint density at radius 1 is 0.962 bits per heavy atom. The molecular formula is C22H28N2O2. The highest BCUT2D eigenvalue weighted by Gasteiger charge is 2.21. The number of piperazine rings is 1. The van der Waals surface area contributed by atoms with Crippen molar-refractivity contribution < 1.29 is 9.53 Å². The van der Waals surface area contributed by atoms with E-state index in [0.717, 1.165) is 39.1 Å². The van der Waals surface area contributed by atoms with Crippen molar-refractivity contribution in [2.24, 2.45) is 0 Å². The number of hydrogen-bond acceptors (Lipinski definition) is 4. The fraction of sp³-hybridized carbons (Fsp3) is 0.409. The number of ether oxygens (including phenoxy) is 1. The van der Waals surface area contributed by atoms with Gasteiger partial charge >= 0.3 is 5.97 Å². The standard InChI is InChI=1S/C22H28N2O2/c1-18(16-19-8-10-21(11-9-19)22(25)26-2)24-14-12-23(13-15-24)17-20-6-4-3-5-7-20/h3-11,18H,12-17H2,1-2H3. The molecule has 1 aliphatic rings. The zero-order chi connectivity index (χ0) is 18.4. The first kappa shape index (κ1) is 18.6. The maximum Gasteiger partial charge on any atom is 0.337 e. The van der Waals surface area contributed by atoms with E-state index in [2.05, 4.69) is 47.1 Å². The summed E-state index contributed by atoms with van der Waals surface area (Å²) < 4.78 is 4.75. The number of nitrogens with zero attached hydrogens (tertiary/aromatic N) is 2. The van der Waals surface area contributed by atoms with E-state index in [4.69, 9.17) is 4.74 Å². The van der Waals surface area contributed by atoms with Gasteiger partial charge in [-0.2, -0.15) is 0 Å². The third-order valence-electron chi connectivity index (χ3n) is 5.19. The predicted octanol–water partition coefficient (Wildman–Crippen LogP) is 3.22. The van der Waals surface area contributed by atoms with E-state index in [1.807, 2.05) is 24.3 Å². The second-order valence-electron chi connectivity index (χ2n) is 7.04. The van der Waals surface area contributed by atoms with Crippen molar-refractivity contribution in [3.05, 3.63) is 71.3 Å². The Bertz CT molecular complexity index is 692. The lowest BCUT2D eigenvalue weighted by atomic mass is 10.0. The molecule has 3 rings (SSSR count). The van der Waals surface area contributed by atoms with Gasteiger partial charge in [0.2, 0.25) is 0 Å². The summed E-state index contributed by atoms with van der Waals surface area (Å²) in [6.45, 7) is 7.77. The van der Waals surface area contributed by atoms with E-state index in [1.165, 1.54) is 18.2 Å². The normalized spacial score (nSPS) is 17.0. The van der Waals surface area contributed by atoms with Crippen molar-refractivity contribution in [3.8, 4) is 0 Å². The molecule has 1 aliphatic heterocycles. The molecule has 4 nitrogen and oxygen atoms in total. The number of carbonyl (C=O) groups excluding carboxylic acids is 1. The van der Waals surface area contributed by atoms with Crippen molar-refractivity contribution in [2.75, 3.05) is 33.3 Å². The molecule has 0 aliphatic carbocycles. The predicted molar refractivity (Wildman–Crippen MR) is 104 cm³/mol. The van der Waals surface area contributed by atoms with Crippen molar-refractivity contribution in [1.29, 1.82) is 0 Å². The van der Waals surface area contributed by atoms with Crippen LogP contribution in [0, 0.1) is 0 Å². The van der Waals surface area contributed by atoms with Crippen LogP contribution in [0.5, 0.6) is 0 Å². The molecule has 0 N–H and O–H groups in total. The second-order valence-corrected chi connectivity index (χ2v) is 7.04. The SMILES string of the molecule is COC(=O)c1ccc(CC(C)N2CCN(Cc3ccccc3)CC2)cc1. The van der Waals surface area contributed by atoms with Gasteiger partial charge in [0, 0.05) is 38.8 Å². The Morgan fingerprint density at radius 2 is 1.62 bits per heavy atom. The molecular weight excluding hydrogens is 324 g/mol. The fourth-order valence-electron chi connectivity index (χ4n) is 3.57. The van der Waals surface area contributed by atoms with E-state index in [9.17, 15) is 4.79 Å². The Labute approximate surface area is 156 Å². The molecule has 1 unspecified atom stereocenters. The molecule has 0 radical (unpaired) electrons. The van der Waals surface area contributed by atoms with Crippen molar-refractivity contribution in [2.45, 2.75) is 25.9 Å². The van der Waals surface area contributed by atoms with Crippen LogP contribution in [-0.4, -0.2) is 55.1 Å². The first-order valence-electron chi connectivity index (χ1n) is 9.33. The maximum absolute atomic E-state index is 11.5. The van der Waals surface area contributed by atoms with Crippen LogP contribution in [0.4, 0.5) is 0 Å².